The first-order chi connectivity index (χ1) is 9.99. The summed E-state index contributed by atoms with van der Waals surface area (Å²) in [6, 6.07) is 0. The third-order valence-corrected chi connectivity index (χ3v) is 6.13. The van der Waals surface area contributed by atoms with Crippen LogP contribution in [0.2, 0.25) is 0 Å². The lowest BCUT2D eigenvalue weighted by molar-refractivity contribution is -0.139. The average molecular weight is 293 g/mol. The number of nitrogens with zero attached hydrogens (tertiary/aromatic N) is 1. The van der Waals surface area contributed by atoms with Crippen molar-refractivity contribution in [3.8, 4) is 0 Å². The van der Waals surface area contributed by atoms with Crippen LogP contribution in [-0.4, -0.2) is 23.9 Å². The van der Waals surface area contributed by atoms with E-state index < -0.39 is 0 Å². The summed E-state index contributed by atoms with van der Waals surface area (Å²) >= 11 is 0. The molecule has 2 heteroatoms. The summed E-state index contributed by atoms with van der Waals surface area (Å²) in [6.07, 6.45) is 10.5. The zero-order chi connectivity index (χ0) is 15.5. The maximum Gasteiger partial charge on any atom is 0.225 e. The molecule has 1 saturated heterocycles. The molecule has 1 heterocycles. The Bertz CT molecular complexity index is 335. The van der Waals surface area contributed by atoms with Crippen LogP contribution >= 0.6 is 0 Å². The highest BCUT2D eigenvalue weighted by atomic mass is 16.2. The van der Waals surface area contributed by atoms with Gasteiger partial charge in [-0.15, -0.1) is 0 Å². The van der Waals surface area contributed by atoms with E-state index in [-0.39, 0.29) is 5.92 Å². The molecule has 0 aromatic heterocycles. The van der Waals surface area contributed by atoms with Crippen LogP contribution < -0.4 is 0 Å². The first kappa shape index (κ1) is 16.8. The standard InChI is InChI=1S/C19H35NO/c1-5-7-15(3)12-17-13-19(14-17)8-10-20(11-9-19)18(21)16(4)6-2/h15-17H,5-14H2,1-4H3. The summed E-state index contributed by atoms with van der Waals surface area (Å²) < 4.78 is 0. The van der Waals surface area contributed by atoms with E-state index in [9.17, 15) is 4.79 Å². The molecule has 0 bridgehead atoms. The topological polar surface area (TPSA) is 20.3 Å². The lowest BCUT2D eigenvalue weighted by Crippen LogP contribution is -2.49. The number of rotatable bonds is 6. The summed E-state index contributed by atoms with van der Waals surface area (Å²) in [6.45, 7) is 10.9. The van der Waals surface area contributed by atoms with Crippen LogP contribution in [0, 0.1) is 23.2 Å². The average Bonchev–Trinajstić information content (AvgIpc) is 2.45. The second kappa shape index (κ2) is 7.15. The van der Waals surface area contributed by atoms with Crippen molar-refractivity contribution in [2.45, 2.75) is 79.1 Å². The zero-order valence-corrected chi connectivity index (χ0v) is 14.7. The fourth-order valence-corrected chi connectivity index (χ4v) is 4.61. The molecule has 1 spiro atoms. The van der Waals surface area contributed by atoms with Gasteiger partial charge in [0, 0.05) is 19.0 Å². The van der Waals surface area contributed by atoms with Gasteiger partial charge in [-0.25, -0.2) is 0 Å². The predicted molar refractivity (Wildman–Crippen MR) is 89.1 cm³/mol. The summed E-state index contributed by atoms with van der Waals surface area (Å²) in [7, 11) is 0. The molecule has 1 amide bonds. The minimum atomic E-state index is 0.211. The van der Waals surface area contributed by atoms with Gasteiger partial charge in [-0.05, 0) is 55.8 Å². The minimum absolute atomic E-state index is 0.211. The van der Waals surface area contributed by atoms with E-state index in [1.54, 1.807) is 0 Å². The molecule has 2 nitrogen and oxygen atoms in total. The molecular weight excluding hydrogens is 258 g/mol. The van der Waals surface area contributed by atoms with Gasteiger partial charge in [0.15, 0.2) is 0 Å². The Morgan fingerprint density at radius 2 is 1.81 bits per heavy atom. The van der Waals surface area contributed by atoms with E-state index in [0.717, 1.165) is 31.3 Å². The van der Waals surface area contributed by atoms with Crippen LogP contribution in [0.1, 0.15) is 79.1 Å². The molecule has 1 saturated carbocycles. The highest BCUT2D eigenvalue weighted by Crippen LogP contribution is 2.54. The lowest BCUT2D eigenvalue weighted by atomic mass is 9.56. The summed E-state index contributed by atoms with van der Waals surface area (Å²) in [5.41, 5.74) is 0.614. The largest absolute Gasteiger partial charge is 0.342 e. The second-order valence-electron chi connectivity index (χ2n) is 8.04. The molecule has 2 unspecified atom stereocenters. The van der Waals surface area contributed by atoms with Crippen molar-refractivity contribution in [1.29, 1.82) is 0 Å². The summed E-state index contributed by atoms with van der Waals surface area (Å²) in [5, 5.41) is 0. The van der Waals surface area contributed by atoms with Crippen molar-refractivity contribution in [2.75, 3.05) is 13.1 Å². The van der Waals surface area contributed by atoms with Crippen LogP contribution in [0.15, 0.2) is 0 Å². The van der Waals surface area contributed by atoms with E-state index in [1.807, 2.05) is 0 Å². The lowest BCUT2D eigenvalue weighted by Gasteiger charge is -2.53. The molecule has 21 heavy (non-hydrogen) atoms. The van der Waals surface area contributed by atoms with Crippen LogP contribution in [0.25, 0.3) is 0 Å². The van der Waals surface area contributed by atoms with E-state index in [2.05, 4.69) is 32.6 Å². The molecule has 1 aliphatic heterocycles. The van der Waals surface area contributed by atoms with Gasteiger partial charge in [0.25, 0.3) is 0 Å². The van der Waals surface area contributed by atoms with Crippen LogP contribution in [0.3, 0.4) is 0 Å². The first-order valence-corrected chi connectivity index (χ1v) is 9.28. The number of carbonyl (C=O) groups is 1. The molecule has 122 valence electrons. The molecule has 0 radical (unpaired) electrons. The molecule has 0 N–H and O–H groups in total. The van der Waals surface area contributed by atoms with E-state index in [1.165, 1.54) is 44.9 Å². The van der Waals surface area contributed by atoms with Gasteiger partial charge < -0.3 is 4.90 Å². The molecule has 0 aromatic carbocycles. The van der Waals surface area contributed by atoms with Gasteiger partial charge in [-0.1, -0.05) is 40.5 Å². The Hall–Kier alpha value is -0.530. The van der Waals surface area contributed by atoms with Gasteiger partial charge in [0.2, 0.25) is 5.91 Å². The molecule has 2 atom stereocenters. The molecule has 2 aliphatic rings. The Kier molecular flexibility index (Phi) is 5.73. The van der Waals surface area contributed by atoms with Gasteiger partial charge >= 0.3 is 0 Å². The fourth-order valence-electron chi connectivity index (χ4n) is 4.61. The Labute approximate surface area is 131 Å². The number of carbonyl (C=O) groups excluding carboxylic acids is 1. The Morgan fingerprint density at radius 1 is 1.19 bits per heavy atom. The van der Waals surface area contributed by atoms with Crippen molar-refractivity contribution in [2.24, 2.45) is 23.2 Å². The van der Waals surface area contributed by atoms with E-state index >= 15 is 0 Å². The van der Waals surface area contributed by atoms with Crippen LogP contribution in [0.5, 0.6) is 0 Å². The van der Waals surface area contributed by atoms with Crippen LogP contribution in [-0.2, 0) is 4.79 Å². The number of amides is 1. The zero-order valence-electron chi connectivity index (χ0n) is 14.7. The van der Waals surface area contributed by atoms with Crippen molar-refractivity contribution >= 4 is 5.91 Å². The van der Waals surface area contributed by atoms with Gasteiger partial charge in [-0.2, -0.15) is 0 Å². The molecule has 2 fully saturated rings. The van der Waals surface area contributed by atoms with Gasteiger partial charge in [0.1, 0.15) is 0 Å². The Balaban J connectivity index is 1.72. The summed E-state index contributed by atoms with van der Waals surface area (Å²) in [5.74, 6) is 2.48. The predicted octanol–water partition coefficient (Wildman–Crippen LogP) is 4.88. The molecule has 0 aromatic rings. The smallest absolute Gasteiger partial charge is 0.225 e. The normalized spacial score (nSPS) is 24.7. The Morgan fingerprint density at radius 3 is 2.33 bits per heavy atom. The SMILES string of the molecule is CCCC(C)CC1CC2(CCN(C(=O)C(C)CC)CC2)C1. The highest BCUT2D eigenvalue weighted by Gasteiger charge is 2.46. The summed E-state index contributed by atoms with van der Waals surface area (Å²) in [4.78, 5) is 14.4. The van der Waals surface area contributed by atoms with Crippen molar-refractivity contribution < 1.29 is 4.79 Å². The van der Waals surface area contributed by atoms with Crippen molar-refractivity contribution in [3.63, 3.8) is 0 Å². The monoisotopic (exact) mass is 293 g/mol. The minimum Gasteiger partial charge on any atom is -0.342 e. The van der Waals surface area contributed by atoms with Gasteiger partial charge in [-0.3, -0.25) is 4.79 Å². The quantitative estimate of drug-likeness (QED) is 0.683. The first-order valence-electron chi connectivity index (χ1n) is 9.28. The van der Waals surface area contributed by atoms with E-state index in [0.29, 0.717) is 11.3 Å². The third-order valence-electron chi connectivity index (χ3n) is 6.13. The number of likely N-dealkylation sites (tertiary alicyclic amines) is 1. The number of hydrogen-bond donors (Lipinski definition) is 0. The van der Waals surface area contributed by atoms with Gasteiger partial charge in [0.05, 0.1) is 0 Å². The maximum absolute atomic E-state index is 12.3. The van der Waals surface area contributed by atoms with E-state index in [4.69, 9.17) is 0 Å². The van der Waals surface area contributed by atoms with Crippen molar-refractivity contribution in [1.82, 2.24) is 4.90 Å². The molecule has 1 aliphatic carbocycles. The maximum atomic E-state index is 12.3. The second-order valence-corrected chi connectivity index (χ2v) is 8.04. The number of piperidine rings is 1. The third kappa shape index (κ3) is 4.02. The highest BCUT2D eigenvalue weighted by molar-refractivity contribution is 5.78. The van der Waals surface area contributed by atoms with Crippen molar-refractivity contribution in [3.05, 3.63) is 0 Å². The fraction of sp³-hybridized carbons (Fsp3) is 0.947. The molecule has 2 rings (SSSR count). The van der Waals surface area contributed by atoms with Crippen LogP contribution in [0.4, 0.5) is 0 Å². The number of hydrogen-bond acceptors (Lipinski definition) is 1. The molecular formula is C19H35NO.